The fourth-order valence-corrected chi connectivity index (χ4v) is 7.29. The van der Waals surface area contributed by atoms with E-state index in [1.165, 1.54) is 37.7 Å². The number of carbonyl (C=O) groups excluding carboxylic acids is 1. The molecule has 3 aromatic rings. The Morgan fingerprint density at radius 2 is 1.92 bits per heavy atom. The standard InChI is InChI=1S/C28H36N4O3S2/c1-19-16-24(36-18-19)25-27(32-12-10-31(11-13-32)22-6-4-3-5-7-22)37-28(29-25)30-26(34)21-8-9-23(20(2)17-21)35-15-14-33/h8-9,16-18,22,33H,3-7,10-15H2,1-2H3,(H,29,30,34). The van der Waals surface area contributed by atoms with Crippen molar-refractivity contribution < 1.29 is 14.6 Å². The summed E-state index contributed by atoms with van der Waals surface area (Å²) in [4.78, 5) is 24.3. The molecule has 2 fully saturated rings. The number of nitrogens with zero attached hydrogens (tertiary/aromatic N) is 3. The lowest BCUT2D eigenvalue weighted by molar-refractivity contribution is 0.102. The monoisotopic (exact) mass is 540 g/mol. The smallest absolute Gasteiger partial charge is 0.257 e. The third-order valence-corrected chi connectivity index (χ3v) is 9.36. The molecule has 1 amide bonds. The van der Waals surface area contributed by atoms with Gasteiger partial charge in [-0.2, -0.15) is 0 Å². The minimum atomic E-state index is -0.187. The number of amides is 1. The normalized spacial score (nSPS) is 17.2. The molecular weight excluding hydrogens is 504 g/mol. The van der Waals surface area contributed by atoms with E-state index in [4.69, 9.17) is 14.8 Å². The molecule has 1 saturated carbocycles. The Balaban J connectivity index is 1.32. The van der Waals surface area contributed by atoms with Crippen LogP contribution in [0, 0.1) is 13.8 Å². The molecule has 1 aliphatic carbocycles. The second-order valence-corrected chi connectivity index (χ2v) is 11.9. The molecule has 1 aromatic carbocycles. The van der Waals surface area contributed by atoms with Crippen LogP contribution in [-0.4, -0.2) is 66.3 Å². The maximum atomic E-state index is 13.1. The molecular formula is C28H36N4O3S2. The summed E-state index contributed by atoms with van der Waals surface area (Å²) in [6, 6.07) is 8.26. The van der Waals surface area contributed by atoms with E-state index in [0.29, 0.717) is 16.4 Å². The molecule has 37 heavy (non-hydrogen) atoms. The summed E-state index contributed by atoms with van der Waals surface area (Å²) in [6.07, 6.45) is 6.79. The van der Waals surface area contributed by atoms with E-state index in [0.717, 1.165) is 53.4 Å². The Labute approximate surface area is 227 Å². The summed E-state index contributed by atoms with van der Waals surface area (Å²) < 4.78 is 5.52. The number of hydrogen-bond donors (Lipinski definition) is 2. The number of nitrogens with one attached hydrogen (secondary N) is 1. The summed E-state index contributed by atoms with van der Waals surface area (Å²) in [5.41, 5.74) is 3.60. The molecule has 198 valence electrons. The molecule has 5 rings (SSSR count). The van der Waals surface area contributed by atoms with E-state index in [-0.39, 0.29) is 19.1 Å². The number of ether oxygens (including phenoxy) is 1. The number of aryl methyl sites for hydroxylation is 2. The van der Waals surface area contributed by atoms with E-state index in [2.05, 4.69) is 33.5 Å². The number of aliphatic hydroxyl groups excluding tert-OH is 1. The lowest BCUT2D eigenvalue weighted by atomic mass is 9.94. The predicted octanol–water partition coefficient (Wildman–Crippen LogP) is 5.57. The largest absolute Gasteiger partial charge is 0.491 e. The van der Waals surface area contributed by atoms with E-state index >= 15 is 0 Å². The van der Waals surface area contributed by atoms with Gasteiger partial charge in [0, 0.05) is 37.8 Å². The molecule has 2 aromatic heterocycles. The van der Waals surface area contributed by atoms with Gasteiger partial charge >= 0.3 is 0 Å². The minimum absolute atomic E-state index is 0.0458. The number of hydrogen-bond acceptors (Lipinski definition) is 8. The number of aromatic nitrogens is 1. The lowest BCUT2D eigenvalue weighted by Crippen LogP contribution is -2.50. The predicted molar refractivity (Wildman–Crippen MR) is 153 cm³/mol. The van der Waals surface area contributed by atoms with Gasteiger partial charge in [0.2, 0.25) is 0 Å². The van der Waals surface area contributed by atoms with Crippen LogP contribution in [0.4, 0.5) is 10.1 Å². The fourth-order valence-electron chi connectivity index (χ4n) is 5.31. The molecule has 1 aliphatic heterocycles. The van der Waals surface area contributed by atoms with Crippen LogP contribution in [0.5, 0.6) is 5.75 Å². The fraction of sp³-hybridized carbons (Fsp3) is 0.500. The van der Waals surface area contributed by atoms with E-state index in [9.17, 15) is 4.79 Å². The second-order valence-electron chi connectivity index (χ2n) is 9.98. The number of thiazole rings is 1. The Morgan fingerprint density at radius 1 is 1.14 bits per heavy atom. The highest BCUT2D eigenvalue weighted by Crippen LogP contribution is 2.42. The van der Waals surface area contributed by atoms with Crippen LogP contribution in [-0.2, 0) is 0 Å². The number of thiophene rings is 1. The van der Waals surface area contributed by atoms with Crippen molar-refractivity contribution in [3.8, 4) is 16.3 Å². The van der Waals surface area contributed by atoms with Gasteiger partial charge in [-0.15, -0.1) is 11.3 Å². The SMILES string of the molecule is Cc1csc(-c2nc(NC(=O)c3ccc(OCCO)c(C)c3)sc2N2CCN(C3CCCCC3)CC2)c1. The Bertz CT molecular complexity index is 1210. The molecule has 0 unspecified atom stereocenters. The summed E-state index contributed by atoms with van der Waals surface area (Å²) in [5.74, 6) is 0.484. The van der Waals surface area contributed by atoms with Gasteiger partial charge in [-0.1, -0.05) is 30.6 Å². The number of benzene rings is 1. The summed E-state index contributed by atoms with van der Waals surface area (Å²) in [7, 11) is 0. The van der Waals surface area contributed by atoms with Crippen LogP contribution < -0.4 is 15.0 Å². The van der Waals surface area contributed by atoms with Crippen LogP contribution in [0.15, 0.2) is 29.6 Å². The number of anilines is 2. The first kappa shape index (κ1) is 26.2. The van der Waals surface area contributed by atoms with Gasteiger partial charge in [0.1, 0.15) is 23.1 Å². The van der Waals surface area contributed by atoms with Crippen molar-refractivity contribution in [1.82, 2.24) is 9.88 Å². The zero-order valence-corrected chi connectivity index (χ0v) is 23.3. The quantitative estimate of drug-likeness (QED) is 0.389. The summed E-state index contributed by atoms with van der Waals surface area (Å²) in [5, 5.41) is 16.0. The second kappa shape index (κ2) is 11.9. The molecule has 2 N–H and O–H groups in total. The highest BCUT2D eigenvalue weighted by atomic mass is 32.1. The first-order valence-electron chi connectivity index (χ1n) is 13.2. The van der Waals surface area contributed by atoms with Crippen molar-refractivity contribution in [3.63, 3.8) is 0 Å². The van der Waals surface area contributed by atoms with Crippen molar-refractivity contribution in [1.29, 1.82) is 0 Å². The lowest BCUT2D eigenvalue weighted by Gasteiger charge is -2.41. The van der Waals surface area contributed by atoms with Crippen LogP contribution in [0.3, 0.4) is 0 Å². The minimum Gasteiger partial charge on any atom is -0.491 e. The maximum absolute atomic E-state index is 13.1. The number of aliphatic hydroxyl groups is 1. The Kier molecular flexibility index (Phi) is 8.44. The third kappa shape index (κ3) is 6.17. The first-order valence-corrected chi connectivity index (χ1v) is 14.9. The number of rotatable bonds is 8. The van der Waals surface area contributed by atoms with E-state index < -0.39 is 0 Å². The molecule has 0 radical (unpaired) electrons. The molecule has 9 heteroatoms. The topological polar surface area (TPSA) is 77.9 Å². The number of carbonyl (C=O) groups is 1. The van der Waals surface area contributed by atoms with Crippen molar-refractivity contribution in [2.75, 3.05) is 49.6 Å². The summed E-state index contributed by atoms with van der Waals surface area (Å²) >= 11 is 3.27. The van der Waals surface area contributed by atoms with Crippen molar-refractivity contribution in [2.45, 2.75) is 52.0 Å². The molecule has 1 saturated heterocycles. The highest BCUT2D eigenvalue weighted by molar-refractivity contribution is 7.21. The molecule has 0 bridgehead atoms. The van der Waals surface area contributed by atoms with Gasteiger partial charge in [0.15, 0.2) is 5.13 Å². The van der Waals surface area contributed by atoms with Crippen LogP contribution in [0.1, 0.15) is 53.6 Å². The first-order chi connectivity index (χ1) is 18.0. The van der Waals surface area contributed by atoms with Crippen LogP contribution >= 0.6 is 22.7 Å². The van der Waals surface area contributed by atoms with Gasteiger partial charge < -0.3 is 14.7 Å². The van der Waals surface area contributed by atoms with Gasteiger partial charge in [-0.25, -0.2) is 4.98 Å². The van der Waals surface area contributed by atoms with Crippen molar-refractivity contribution in [2.24, 2.45) is 0 Å². The molecule has 2 aliphatic rings. The number of piperazine rings is 1. The Morgan fingerprint density at radius 3 is 2.59 bits per heavy atom. The van der Waals surface area contributed by atoms with E-state index in [1.54, 1.807) is 34.8 Å². The molecule has 3 heterocycles. The Hall–Kier alpha value is -2.46. The van der Waals surface area contributed by atoms with E-state index in [1.807, 2.05) is 13.0 Å². The maximum Gasteiger partial charge on any atom is 0.257 e. The van der Waals surface area contributed by atoms with Gasteiger partial charge in [-0.05, 0) is 67.5 Å². The summed E-state index contributed by atoms with van der Waals surface area (Å²) in [6.45, 7) is 8.32. The van der Waals surface area contributed by atoms with Gasteiger partial charge in [-0.3, -0.25) is 15.0 Å². The average Bonchev–Trinajstić information content (AvgIpc) is 3.54. The molecule has 0 spiro atoms. The zero-order chi connectivity index (χ0) is 25.8. The van der Waals surface area contributed by atoms with Gasteiger partial charge in [0.05, 0.1) is 11.5 Å². The highest BCUT2D eigenvalue weighted by Gasteiger charge is 2.28. The van der Waals surface area contributed by atoms with Gasteiger partial charge in [0.25, 0.3) is 5.91 Å². The van der Waals surface area contributed by atoms with Crippen LogP contribution in [0.25, 0.3) is 10.6 Å². The van der Waals surface area contributed by atoms with Crippen molar-refractivity contribution in [3.05, 3.63) is 46.3 Å². The molecule has 0 atom stereocenters. The average molecular weight is 541 g/mol. The van der Waals surface area contributed by atoms with Crippen LogP contribution in [0.2, 0.25) is 0 Å². The molecule has 7 nitrogen and oxygen atoms in total. The zero-order valence-electron chi connectivity index (χ0n) is 21.7. The van der Waals surface area contributed by atoms with Crippen molar-refractivity contribution >= 4 is 38.7 Å². The third-order valence-electron chi connectivity index (χ3n) is 7.27.